The van der Waals surface area contributed by atoms with Crippen LogP contribution in [0, 0.1) is 17.7 Å². The molecule has 0 heterocycles. The molecule has 0 bridgehead atoms. The third-order valence-corrected chi connectivity index (χ3v) is 4.73. The number of nitrogens with one attached hydrogen (secondary N) is 1. The molecule has 2 rings (SSSR count). The van der Waals surface area contributed by atoms with Crippen LogP contribution in [0.3, 0.4) is 0 Å². The normalized spacial score (nSPS) is 22.5. The van der Waals surface area contributed by atoms with Gasteiger partial charge < -0.3 is 5.32 Å². The van der Waals surface area contributed by atoms with Gasteiger partial charge >= 0.3 is 0 Å². The molecular formula is C14H16BrClFNO. The van der Waals surface area contributed by atoms with E-state index >= 15 is 0 Å². The summed E-state index contributed by atoms with van der Waals surface area (Å²) in [6, 6.07) is 4.28. The van der Waals surface area contributed by atoms with Crippen molar-refractivity contribution in [2.75, 3.05) is 12.4 Å². The topological polar surface area (TPSA) is 29.1 Å². The molecule has 0 aliphatic heterocycles. The van der Waals surface area contributed by atoms with Crippen LogP contribution in [-0.4, -0.2) is 18.3 Å². The lowest BCUT2D eigenvalue weighted by molar-refractivity contribution is 0.0944. The SMILES string of the molecule is O=C(NCC1CCCC1CCl)c1ccc(F)c(Br)c1. The Labute approximate surface area is 125 Å². The van der Waals surface area contributed by atoms with E-state index in [-0.39, 0.29) is 11.7 Å². The third kappa shape index (κ3) is 3.69. The molecule has 2 unspecified atom stereocenters. The molecule has 1 amide bonds. The van der Waals surface area contributed by atoms with Crippen LogP contribution in [-0.2, 0) is 0 Å². The quantitative estimate of drug-likeness (QED) is 0.820. The number of carbonyl (C=O) groups is 1. The number of halogens is 3. The van der Waals surface area contributed by atoms with Gasteiger partial charge in [-0.3, -0.25) is 4.79 Å². The molecule has 1 aromatic carbocycles. The highest BCUT2D eigenvalue weighted by molar-refractivity contribution is 9.10. The summed E-state index contributed by atoms with van der Waals surface area (Å²) in [7, 11) is 0. The predicted octanol–water partition coefficient (Wildman–Crippen LogP) is 3.97. The Morgan fingerprint density at radius 3 is 2.84 bits per heavy atom. The van der Waals surface area contributed by atoms with E-state index in [4.69, 9.17) is 11.6 Å². The molecule has 19 heavy (non-hydrogen) atoms. The molecule has 1 aliphatic rings. The zero-order chi connectivity index (χ0) is 13.8. The van der Waals surface area contributed by atoms with Crippen molar-refractivity contribution in [1.82, 2.24) is 5.32 Å². The summed E-state index contributed by atoms with van der Waals surface area (Å²) in [5, 5.41) is 2.91. The van der Waals surface area contributed by atoms with Crippen LogP contribution in [0.2, 0.25) is 0 Å². The van der Waals surface area contributed by atoms with Crippen LogP contribution < -0.4 is 5.32 Å². The molecule has 1 aromatic rings. The van der Waals surface area contributed by atoms with Crippen molar-refractivity contribution in [2.24, 2.45) is 11.8 Å². The number of rotatable bonds is 4. The van der Waals surface area contributed by atoms with Crippen LogP contribution in [0.5, 0.6) is 0 Å². The van der Waals surface area contributed by atoms with E-state index in [1.807, 2.05) is 0 Å². The minimum absolute atomic E-state index is 0.166. The number of hydrogen-bond donors (Lipinski definition) is 1. The molecule has 2 atom stereocenters. The molecule has 0 radical (unpaired) electrons. The zero-order valence-electron chi connectivity index (χ0n) is 10.5. The minimum Gasteiger partial charge on any atom is -0.352 e. The largest absolute Gasteiger partial charge is 0.352 e. The number of benzene rings is 1. The lowest BCUT2D eigenvalue weighted by Gasteiger charge is -2.17. The number of alkyl halides is 1. The van der Waals surface area contributed by atoms with Gasteiger partial charge in [0.2, 0.25) is 0 Å². The number of hydrogen-bond acceptors (Lipinski definition) is 1. The maximum Gasteiger partial charge on any atom is 0.251 e. The summed E-state index contributed by atoms with van der Waals surface area (Å²) in [6.45, 7) is 0.644. The van der Waals surface area contributed by atoms with E-state index in [0.29, 0.717) is 34.3 Å². The summed E-state index contributed by atoms with van der Waals surface area (Å²) in [5.74, 6) is 1.09. The van der Waals surface area contributed by atoms with E-state index in [1.165, 1.54) is 24.6 Å². The van der Waals surface area contributed by atoms with Crippen molar-refractivity contribution in [3.05, 3.63) is 34.1 Å². The van der Waals surface area contributed by atoms with E-state index in [1.54, 1.807) is 0 Å². The van der Waals surface area contributed by atoms with Gasteiger partial charge in [0.1, 0.15) is 5.82 Å². The summed E-state index contributed by atoms with van der Waals surface area (Å²) in [5.41, 5.74) is 0.466. The Morgan fingerprint density at radius 2 is 2.16 bits per heavy atom. The van der Waals surface area contributed by atoms with Crippen molar-refractivity contribution < 1.29 is 9.18 Å². The molecular weight excluding hydrogens is 333 g/mol. The monoisotopic (exact) mass is 347 g/mol. The smallest absolute Gasteiger partial charge is 0.251 e. The molecule has 1 aliphatic carbocycles. The van der Waals surface area contributed by atoms with E-state index in [2.05, 4.69) is 21.2 Å². The standard InChI is InChI=1S/C14H16BrClFNO/c15-12-6-9(4-5-13(12)17)14(19)18-8-11-3-1-2-10(11)7-16/h4-6,10-11H,1-3,7-8H2,(H,18,19). The first kappa shape index (κ1) is 14.8. The number of carbonyl (C=O) groups excluding carboxylic acids is 1. The van der Waals surface area contributed by atoms with Crippen molar-refractivity contribution >= 4 is 33.4 Å². The first-order valence-corrected chi connectivity index (χ1v) is 7.73. The van der Waals surface area contributed by atoms with Crippen molar-refractivity contribution in [1.29, 1.82) is 0 Å². The van der Waals surface area contributed by atoms with E-state index < -0.39 is 0 Å². The van der Waals surface area contributed by atoms with Crippen molar-refractivity contribution in [3.8, 4) is 0 Å². The fourth-order valence-corrected chi connectivity index (χ4v) is 3.33. The summed E-state index contributed by atoms with van der Waals surface area (Å²) in [4.78, 5) is 12.0. The lowest BCUT2D eigenvalue weighted by Crippen LogP contribution is -2.31. The van der Waals surface area contributed by atoms with Crippen LogP contribution in [0.1, 0.15) is 29.6 Å². The van der Waals surface area contributed by atoms with E-state index in [9.17, 15) is 9.18 Å². The summed E-state index contributed by atoms with van der Waals surface area (Å²) in [6.07, 6.45) is 3.44. The molecule has 1 saturated carbocycles. The van der Waals surface area contributed by atoms with Gasteiger partial charge in [0, 0.05) is 18.0 Å². The second-order valence-corrected chi connectivity index (χ2v) is 6.11. The summed E-state index contributed by atoms with van der Waals surface area (Å²) < 4.78 is 13.4. The van der Waals surface area contributed by atoms with Crippen LogP contribution in [0.4, 0.5) is 4.39 Å². The van der Waals surface area contributed by atoms with Gasteiger partial charge in [-0.1, -0.05) is 6.42 Å². The average molecular weight is 349 g/mol. The summed E-state index contributed by atoms with van der Waals surface area (Å²) >= 11 is 8.99. The Kier molecular flexibility index (Phi) is 5.22. The van der Waals surface area contributed by atoms with Gasteiger partial charge in [-0.25, -0.2) is 4.39 Å². The lowest BCUT2D eigenvalue weighted by atomic mass is 9.98. The van der Waals surface area contributed by atoms with Crippen LogP contribution in [0.15, 0.2) is 22.7 Å². The molecule has 0 saturated heterocycles. The fraction of sp³-hybridized carbons (Fsp3) is 0.500. The molecule has 104 valence electrons. The molecule has 2 nitrogen and oxygen atoms in total. The molecule has 1 fully saturated rings. The highest BCUT2D eigenvalue weighted by Crippen LogP contribution is 2.32. The molecule has 5 heteroatoms. The predicted molar refractivity (Wildman–Crippen MR) is 78.0 cm³/mol. The van der Waals surface area contributed by atoms with Crippen molar-refractivity contribution in [2.45, 2.75) is 19.3 Å². The number of amides is 1. The fourth-order valence-electron chi connectivity index (χ4n) is 2.55. The van der Waals surface area contributed by atoms with Gasteiger partial charge in [0.05, 0.1) is 4.47 Å². The highest BCUT2D eigenvalue weighted by atomic mass is 79.9. The van der Waals surface area contributed by atoms with E-state index in [0.717, 1.165) is 12.8 Å². The zero-order valence-corrected chi connectivity index (χ0v) is 12.8. The first-order valence-electron chi connectivity index (χ1n) is 6.41. The van der Waals surface area contributed by atoms with Crippen LogP contribution in [0.25, 0.3) is 0 Å². The Balaban J connectivity index is 1.92. The van der Waals surface area contributed by atoms with Gasteiger partial charge in [-0.2, -0.15) is 0 Å². The maximum atomic E-state index is 13.1. The van der Waals surface area contributed by atoms with Gasteiger partial charge in [-0.05, 0) is 58.8 Å². The minimum atomic E-state index is -0.366. The third-order valence-electron chi connectivity index (χ3n) is 3.72. The highest BCUT2D eigenvalue weighted by Gasteiger charge is 2.26. The molecule has 1 N–H and O–H groups in total. The van der Waals surface area contributed by atoms with Gasteiger partial charge in [0.15, 0.2) is 0 Å². The first-order chi connectivity index (χ1) is 9.11. The maximum absolute atomic E-state index is 13.1. The van der Waals surface area contributed by atoms with Crippen molar-refractivity contribution in [3.63, 3.8) is 0 Å². The van der Waals surface area contributed by atoms with Crippen LogP contribution >= 0.6 is 27.5 Å². The van der Waals surface area contributed by atoms with Gasteiger partial charge in [0.25, 0.3) is 5.91 Å². The molecule has 0 aromatic heterocycles. The second-order valence-electron chi connectivity index (χ2n) is 4.94. The second kappa shape index (κ2) is 6.71. The molecule has 0 spiro atoms. The Hall–Kier alpha value is -0.610. The van der Waals surface area contributed by atoms with Gasteiger partial charge in [-0.15, -0.1) is 11.6 Å². The Morgan fingerprint density at radius 1 is 1.42 bits per heavy atom. The average Bonchev–Trinajstić information content (AvgIpc) is 2.86. The Bertz CT molecular complexity index is 469.